The SMILES string of the molecule is CC(=O)OC[C@H]1O[C@@H](F)[C@@H](Cl)[C@@H](OC(C)=O)[C@@H]1OC(C)=O. The lowest BCUT2D eigenvalue weighted by Gasteiger charge is -2.40. The maximum Gasteiger partial charge on any atom is 0.303 e. The number of ether oxygens (including phenoxy) is 4. The third kappa shape index (κ3) is 5.13. The van der Waals surface area contributed by atoms with Crippen LogP contribution >= 0.6 is 11.6 Å². The molecule has 0 spiro atoms. The lowest BCUT2D eigenvalue weighted by atomic mass is 10.0. The van der Waals surface area contributed by atoms with Crippen LogP contribution in [-0.2, 0) is 33.3 Å². The first-order valence-electron chi connectivity index (χ1n) is 6.13. The Morgan fingerprint density at radius 1 is 1.05 bits per heavy atom. The second kappa shape index (κ2) is 7.56. The Morgan fingerprint density at radius 2 is 1.57 bits per heavy atom. The van der Waals surface area contributed by atoms with E-state index >= 15 is 0 Å². The fourth-order valence-electron chi connectivity index (χ4n) is 1.85. The average Bonchev–Trinajstić information content (AvgIpc) is 2.35. The minimum Gasteiger partial charge on any atom is -0.463 e. The van der Waals surface area contributed by atoms with Gasteiger partial charge >= 0.3 is 17.9 Å². The third-order valence-corrected chi connectivity index (χ3v) is 3.06. The van der Waals surface area contributed by atoms with Crippen LogP contribution in [0, 0.1) is 0 Å². The largest absolute Gasteiger partial charge is 0.463 e. The van der Waals surface area contributed by atoms with Crippen LogP contribution in [0.1, 0.15) is 20.8 Å². The zero-order valence-corrected chi connectivity index (χ0v) is 12.5. The molecule has 120 valence electrons. The van der Waals surface area contributed by atoms with Crippen molar-refractivity contribution >= 4 is 29.5 Å². The molecular weight excluding hydrogens is 311 g/mol. The van der Waals surface area contributed by atoms with Gasteiger partial charge in [-0.25, -0.2) is 4.39 Å². The van der Waals surface area contributed by atoms with Crippen molar-refractivity contribution in [3.63, 3.8) is 0 Å². The molecule has 21 heavy (non-hydrogen) atoms. The van der Waals surface area contributed by atoms with Crippen LogP contribution in [0.5, 0.6) is 0 Å². The van der Waals surface area contributed by atoms with Gasteiger partial charge in [0.2, 0.25) is 6.36 Å². The Morgan fingerprint density at radius 3 is 2.05 bits per heavy atom. The molecule has 1 heterocycles. The van der Waals surface area contributed by atoms with Crippen molar-refractivity contribution in [1.29, 1.82) is 0 Å². The number of alkyl halides is 2. The molecule has 0 bridgehead atoms. The summed E-state index contributed by atoms with van der Waals surface area (Å²) in [5, 5.41) is -1.35. The summed E-state index contributed by atoms with van der Waals surface area (Å²) in [7, 11) is 0. The van der Waals surface area contributed by atoms with E-state index in [1.807, 2.05) is 0 Å². The Balaban J connectivity index is 2.94. The van der Waals surface area contributed by atoms with Crippen LogP contribution in [0.3, 0.4) is 0 Å². The van der Waals surface area contributed by atoms with Gasteiger partial charge in [-0.05, 0) is 0 Å². The highest BCUT2D eigenvalue weighted by Crippen LogP contribution is 2.30. The van der Waals surface area contributed by atoms with Gasteiger partial charge in [0.15, 0.2) is 12.2 Å². The van der Waals surface area contributed by atoms with Gasteiger partial charge in [0.1, 0.15) is 18.1 Å². The fraction of sp³-hybridized carbons (Fsp3) is 0.750. The minimum atomic E-state index is -1.97. The zero-order valence-electron chi connectivity index (χ0n) is 11.7. The van der Waals surface area contributed by atoms with Gasteiger partial charge in [-0.2, -0.15) is 0 Å². The summed E-state index contributed by atoms with van der Waals surface area (Å²) in [6, 6.07) is 0. The van der Waals surface area contributed by atoms with Crippen LogP contribution in [-0.4, -0.2) is 54.6 Å². The average molecular weight is 327 g/mol. The Hall–Kier alpha value is -1.41. The van der Waals surface area contributed by atoms with Gasteiger partial charge in [-0.3, -0.25) is 14.4 Å². The lowest BCUT2D eigenvalue weighted by Crippen LogP contribution is -2.58. The molecule has 7 nitrogen and oxygen atoms in total. The van der Waals surface area contributed by atoms with Crippen molar-refractivity contribution in [1.82, 2.24) is 0 Å². The van der Waals surface area contributed by atoms with Crippen molar-refractivity contribution in [2.24, 2.45) is 0 Å². The van der Waals surface area contributed by atoms with Gasteiger partial charge in [-0.15, -0.1) is 11.6 Å². The summed E-state index contributed by atoms with van der Waals surface area (Å²) in [6.45, 7) is 3.02. The first-order chi connectivity index (χ1) is 9.72. The normalized spacial score (nSPS) is 32.1. The van der Waals surface area contributed by atoms with Crippen molar-refractivity contribution in [2.45, 2.75) is 50.8 Å². The zero-order chi connectivity index (χ0) is 16.2. The first kappa shape index (κ1) is 17.6. The number of hydrogen-bond donors (Lipinski definition) is 0. The number of carbonyl (C=O) groups is 3. The number of halogens is 2. The van der Waals surface area contributed by atoms with Crippen LogP contribution in [0.25, 0.3) is 0 Å². The summed E-state index contributed by atoms with van der Waals surface area (Å²) in [4.78, 5) is 33.1. The molecule has 0 aliphatic carbocycles. The summed E-state index contributed by atoms with van der Waals surface area (Å²) in [6.07, 6.45) is -5.53. The highest BCUT2D eigenvalue weighted by atomic mass is 35.5. The predicted molar refractivity (Wildman–Crippen MR) is 67.2 cm³/mol. The molecular formula is C12H16ClFO7. The minimum absolute atomic E-state index is 0.366. The van der Waals surface area contributed by atoms with Crippen molar-refractivity contribution in [3.05, 3.63) is 0 Å². The number of esters is 3. The Labute approximate surface area is 125 Å². The van der Waals surface area contributed by atoms with Gasteiger partial charge in [0.25, 0.3) is 0 Å². The number of carbonyl (C=O) groups excluding carboxylic acids is 3. The maximum absolute atomic E-state index is 13.7. The van der Waals surface area contributed by atoms with E-state index in [2.05, 4.69) is 0 Å². The van der Waals surface area contributed by atoms with Crippen LogP contribution in [0.15, 0.2) is 0 Å². The van der Waals surface area contributed by atoms with Crippen LogP contribution < -0.4 is 0 Å². The molecule has 0 saturated carbocycles. The second-order valence-electron chi connectivity index (χ2n) is 4.42. The molecule has 1 aliphatic rings. The van der Waals surface area contributed by atoms with E-state index in [4.69, 9.17) is 30.5 Å². The Kier molecular flexibility index (Phi) is 6.35. The van der Waals surface area contributed by atoms with E-state index in [1.54, 1.807) is 0 Å². The van der Waals surface area contributed by atoms with Crippen LogP contribution in [0.2, 0.25) is 0 Å². The molecule has 0 aromatic rings. The molecule has 0 aromatic heterocycles. The van der Waals surface area contributed by atoms with E-state index in [-0.39, 0.29) is 6.61 Å². The van der Waals surface area contributed by atoms with E-state index in [9.17, 15) is 18.8 Å². The van der Waals surface area contributed by atoms with E-state index in [0.717, 1.165) is 20.8 Å². The van der Waals surface area contributed by atoms with E-state index < -0.39 is 48.0 Å². The van der Waals surface area contributed by atoms with Gasteiger partial charge in [-0.1, -0.05) is 0 Å². The van der Waals surface area contributed by atoms with Crippen molar-refractivity contribution in [2.75, 3.05) is 6.61 Å². The molecule has 1 rings (SSSR count). The molecule has 0 unspecified atom stereocenters. The predicted octanol–water partition coefficient (Wildman–Crippen LogP) is 0.715. The molecule has 1 aliphatic heterocycles. The number of rotatable bonds is 4. The molecule has 9 heteroatoms. The monoisotopic (exact) mass is 326 g/mol. The highest BCUT2D eigenvalue weighted by molar-refractivity contribution is 6.21. The number of hydrogen-bond acceptors (Lipinski definition) is 7. The molecule has 0 radical (unpaired) electrons. The van der Waals surface area contributed by atoms with Gasteiger partial charge < -0.3 is 18.9 Å². The molecule has 5 atom stereocenters. The standard InChI is InChI=1S/C12H16ClFO7/c1-5(15)18-4-8-10(19-6(2)16)11(20-7(3)17)9(13)12(14)21-8/h8-12H,4H2,1-3H3/t8-,9+,10-,11-,12-/m1/s1. The molecule has 0 aromatic carbocycles. The van der Waals surface area contributed by atoms with Crippen molar-refractivity contribution in [3.8, 4) is 0 Å². The second-order valence-corrected chi connectivity index (χ2v) is 4.92. The van der Waals surface area contributed by atoms with E-state index in [0.29, 0.717) is 0 Å². The van der Waals surface area contributed by atoms with Crippen LogP contribution in [0.4, 0.5) is 4.39 Å². The topological polar surface area (TPSA) is 88.1 Å². The van der Waals surface area contributed by atoms with Crippen molar-refractivity contribution < 1.29 is 37.7 Å². The summed E-state index contributed by atoms with van der Waals surface area (Å²) in [5.74, 6) is -2.04. The maximum atomic E-state index is 13.7. The molecule has 0 N–H and O–H groups in total. The van der Waals surface area contributed by atoms with E-state index in [1.165, 1.54) is 0 Å². The summed E-state index contributed by atoms with van der Waals surface area (Å²) >= 11 is 5.81. The third-order valence-electron chi connectivity index (χ3n) is 2.61. The highest BCUT2D eigenvalue weighted by Gasteiger charge is 2.49. The molecule has 1 fully saturated rings. The summed E-state index contributed by atoms with van der Waals surface area (Å²) in [5.41, 5.74) is 0. The quantitative estimate of drug-likeness (QED) is 0.427. The smallest absolute Gasteiger partial charge is 0.303 e. The Bertz CT molecular complexity index is 416. The first-order valence-corrected chi connectivity index (χ1v) is 6.57. The van der Waals surface area contributed by atoms with Gasteiger partial charge in [0, 0.05) is 20.8 Å². The molecule has 1 saturated heterocycles. The fourth-order valence-corrected chi connectivity index (χ4v) is 2.11. The summed E-state index contributed by atoms with van der Waals surface area (Å²) < 4.78 is 33.3. The van der Waals surface area contributed by atoms with Gasteiger partial charge in [0.05, 0.1) is 0 Å². The lowest BCUT2D eigenvalue weighted by molar-refractivity contribution is -0.232. The molecule has 0 amide bonds.